The van der Waals surface area contributed by atoms with Gasteiger partial charge in [0.25, 0.3) is 0 Å². The molecule has 4 heteroatoms. The molecule has 1 fully saturated rings. The molecular formula is C14H18BrNO2. The van der Waals surface area contributed by atoms with Crippen LogP contribution in [0.4, 0.5) is 0 Å². The van der Waals surface area contributed by atoms with E-state index < -0.39 is 5.97 Å². The Hall–Kier alpha value is -0.870. The average Bonchev–Trinajstić information content (AvgIpc) is 2.80. The first kappa shape index (κ1) is 13.6. The van der Waals surface area contributed by atoms with Gasteiger partial charge in [0.1, 0.15) is 0 Å². The molecule has 0 radical (unpaired) electrons. The van der Waals surface area contributed by atoms with Gasteiger partial charge in [-0.25, -0.2) is 0 Å². The molecular weight excluding hydrogens is 294 g/mol. The normalized spacial score (nSPS) is 22.0. The van der Waals surface area contributed by atoms with Crippen LogP contribution in [0.15, 0.2) is 28.7 Å². The minimum atomic E-state index is -0.665. The molecule has 1 aromatic carbocycles. The van der Waals surface area contributed by atoms with E-state index in [0.29, 0.717) is 12.6 Å². The van der Waals surface area contributed by atoms with Crippen LogP contribution in [0.5, 0.6) is 0 Å². The Kier molecular flexibility index (Phi) is 4.40. The van der Waals surface area contributed by atoms with Crippen molar-refractivity contribution in [1.82, 2.24) is 4.90 Å². The Morgan fingerprint density at radius 1 is 1.61 bits per heavy atom. The van der Waals surface area contributed by atoms with Gasteiger partial charge in [-0.15, -0.1) is 0 Å². The zero-order valence-electron chi connectivity index (χ0n) is 10.5. The quantitative estimate of drug-likeness (QED) is 0.927. The maximum absolute atomic E-state index is 11.0. The molecule has 2 rings (SSSR count). The SMILES string of the molecule is CCC(c1cccc(Br)c1)N1CCC(C(=O)O)C1. The molecule has 3 nitrogen and oxygen atoms in total. The number of hydrogen-bond acceptors (Lipinski definition) is 2. The van der Waals surface area contributed by atoms with Crippen LogP contribution in [-0.2, 0) is 4.79 Å². The van der Waals surface area contributed by atoms with E-state index in [1.165, 1.54) is 5.56 Å². The number of halogens is 1. The van der Waals surface area contributed by atoms with Gasteiger partial charge in [-0.05, 0) is 37.1 Å². The van der Waals surface area contributed by atoms with Crippen molar-refractivity contribution >= 4 is 21.9 Å². The number of benzene rings is 1. The van der Waals surface area contributed by atoms with E-state index in [9.17, 15) is 4.79 Å². The number of nitrogens with zero attached hydrogens (tertiary/aromatic N) is 1. The molecule has 98 valence electrons. The van der Waals surface area contributed by atoms with Gasteiger partial charge in [-0.2, -0.15) is 0 Å². The molecule has 1 heterocycles. The van der Waals surface area contributed by atoms with E-state index in [1.807, 2.05) is 12.1 Å². The first-order valence-electron chi connectivity index (χ1n) is 6.34. The smallest absolute Gasteiger partial charge is 0.307 e. The van der Waals surface area contributed by atoms with Crippen LogP contribution < -0.4 is 0 Å². The van der Waals surface area contributed by atoms with Crippen molar-refractivity contribution in [2.45, 2.75) is 25.8 Å². The highest BCUT2D eigenvalue weighted by atomic mass is 79.9. The van der Waals surface area contributed by atoms with Gasteiger partial charge in [0.05, 0.1) is 5.92 Å². The molecule has 18 heavy (non-hydrogen) atoms. The fourth-order valence-electron chi connectivity index (χ4n) is 2.69. The third-order valence-corrected chi connectivity index (χ3v) is 4.12. The number of carboxylic acids is 1. The summed E-state index contributed by atoms with van der Waals surface area (Å²) in [6.45, 7) is 3.70. The van der Waals surface area contributed by atoms with Crippen molar-refractivity contribution in [3.05, 3.63) is 34.3 Å². The molecule has 0 amide bonds. The second-order valence-electron chi connectivity index (χ2n) is 4.80. The van der Waals surface area contributed by atoms with Gasteiger partial charge in [-0.1, -0.05) is 35.0 Å². The highest BCUT2D eigenvalue weighted by Gasteiger charge is 2.32. The van der Waals surface area contributed by atoms with Crippen LogP contribution in [0.3, 0.4) is 0 Å². The fourth-order valence-corrected chi connectivity index (χ4v) is 3.11. The summed E-state index contributed by atoms with van der Waals surface area (Å²) in [5.74, 6) is -0.868. The molecule has 2 unspecified atom stereocenters. The molecule has 1 aromatic rings. The standard InChI is InChI=1S/C14H18BrNO2/c1-2-13(10-4-3-5-12(15)8-10)16-7-6-11(9-16)14(17)18/h3-5,8,11,13H,2,6-7,9H2,1H3,(H,17,18). The van der Waals surface area contributed by atoms with Crippen LogP contribution in [0, 0.1) is 5.92 Å². The van der Waals surface area contributed by atoms with Crippen molar-refractivity contribution < 1.29 is 9.90 Å². The molecule has 0 aromatic heterocycles. The molecule has 1 saturated heterocycles. The summed E-state index contributed by atoms with van der Waals surface area (Å²) in [5, 5.41) is 9.07. The van der Waals surface area contributed by atoms with Crippen LogP contribution in [0.2, 0.25) is 0 Å². The Morgan fingerprint density at radius 2 is 2.39 bits per heavy atom. The van der Waals surface area contributed by atoms with Gasteiger partial charge in [0.2, 0.25) is 0 Å². The molecule has 1 aliphatic rings. The summed E-state index contributed by atoms with van der Waals surface area (Å²) < 4.78 is 1.08. The predicted molar refractivity (Wildman–Crippen MR) is 74.5 cm³/mol. The highest BCUT2D eigenvalue weighted by molar-refractivity contribution is 9.10. The maximum atomic E-state index is 11.0. The maximum Gasteiger partial charge on any atom is 0.307 e. The van der Waals surface area contributed by atoms with E-state index in [-0.39, 0.29) is 5.92 Å². The van der Waals surface area contributed by atoms with Crippen LogP contribution >= 0.6 is 15.9 Å². The van der Waals surface area contributed by atoms with E-state index in [1.54, 1.807) is 0 Å². The van der Waals surface area contributed by atoms with Gasteiger partial charge in [-0.3, -0.25) is 9.69 Å². The number of likely N-dealkylation sites (tertiary alicyclic amines) is 1. The van der Waals surface area contributed by atoms with Gasteiger partial charge in [0, 0.05) is 17.1 Å². The van der Waals surface area contributed by atoms with Crippen molar-refractivity contribution in [3.63, 3.8) is 0 Å². The topological polar surface area (TPSA) is 40.5 Å². The lowest BCUT2D eigenvalue weighted by Crippen LogP contribution is -2.27. The largest absolute Gasteiger partial charge is 0.481 e. The van der Waals surface area contributed by atoms with E-state index in [4.69, 9.17) is 5.11 Å². The Balaban J connectivity index is 2.13. The summed E-state index contributed by atoms with van der Waals surface area (Å²) in [5.41, 5.74) is 1.26. The van der Waals surface area contributed by atoms with Crippen LogP contribution in [0.1, 0.15) is 31.4 Å². The minimum absolute atomic E-state index is 0.203. The Morgan fingerprint density at radius 3 is 2.94 bits per heavy atom. The fraction of sp³-hybridized carbons (Fsp3) is 0.500. The van der Waals surface area contributed by atoms with E-state index in [2.05, 4.69) is 39.9 Å². The van der Waals surface area contributed by atoms with Crippen molar-refractivity contribution in [2.24, 2.45) is 5.92 Å². The second kappa shape index (κ2) is 5.85. The van der Waals surface area contributed by atoms with Crippen molar-refractivity contribution in [3.8, 4) is 0 Å². The first-order valence-corrected chi connectivity index (χ1v) is 7.13. The highest BCUT2D eigenvalue weighted by Crippen LogP contribution is 2.31. The van der Waals surface area contributed by atoms with Gasteiger partial charge < -0.3 is 5.11 Å². The van der Waals surface area contributed by atoms with Gasteiger partial charge in [0.15, 0.2) is 0 Å². The average molecular weight is 312 g/mol. The van der Waals surface area contributed by atoms with E-state index in [0.717, 1.165) is 23.9 Å². The summed E-state index contributed by atoms with van der Waals surface area (Å²) in [7, 11) is 0. The number of carboxylic acid groups (broad SMARTS) is 1. The molecule has 0 spiro atoms. The van der Waals surface area contributed by atoms with Crippen LogP contribution in [-0.4, -0.2) is 29.1 Å². The second-order valence-corrected chi connectivity index (χ2v) is 5.71. The van der Waals surface area contributed by atoms with Crippen LogP contribution in [0.25, 0.3) is 0 Å². The lowest BCUT2D eigenvalue weighted by atomic mass is 10.0. The molecule has 2 atom stereocenters. The lowest BCUT2D eigenvalue weighted by molar-refractivity contribution is -0.141. The van der Waals surface area contributed by atoms with E-state index >= 15 is 0 Å². The third kappa shape index (κ3) is 2.93. The van der Waals surface area contributed by atoms with Crippen molar-refractivity contribution in [2.75, 3.05) is 13.1 Å². The molecule has 1 N–H and O–H groups in total. The Bertz CT molecular complexity index is 436. The summed E-state index contributed by atoms with van der Waals surface area (Å²) in [6, 6.07) is 8.62. The molecule has 1 aliphatic heterocycles. The van der Waals surface area contributed by atoms with Crippen molar-refractivity contribution in [1.29, 1.82) is 0 Å². The molecule has 0 bridgehead atoms. The number of rotatable bonds is 4. The molecule has 0 saturated carbocycles. The van der Waals surface area contributed by atoms with Gasteiger partial charge >= 0.3 is 5.97 Å². The lowest BCUT2D eigenvalue weighted by Gasteiger charge is -2.27. The minimum Gasteiger partial charge on any atom is -0.481 e. The monoisotopic (exact) mass is 311 g/mol. The summed E-state index contributed by atoms with van der Waals surface area (Å²) >= 11 is 3.49. The molecule has 0 aliphatic carbocycles. The zero-order valence-corrected chi connectivity index (χ0v) is 12.1. The summed E-state index contributed by atoms with van der Waals surface area (Å²) in [6.07, 6.45) is 1.77. The first-order chi connectivity index (χ1) is 8.61. The summed E-state index contributed by atoms with van der Waals surface area (Å²) in [4.78, 5) is 13.3. The predicted octanol–water partition coefficient (Wildman–Crippen LogP) is 3.31. The Labute approximate surface area is 116 Å². The number of carbonyl (C=O) groups is 1. The third-order valence-electron chi connectivity index (χ3n) is 3.63. The number of aliphatic carboxylic acids is 1. The zero-order chi connectivity index (χ0) is 13.1. The number of hydrogen-bond donors (Lipinski definition) is 1.